The lowest BCUT2D eigenvalue weighted by molar-refractivity contribution is -0.139. The van der Waals surface area contributed by atoms with Crippen LogP contribution in [-0.2, 0) is 4.79 Å². The molecule has 2 amide bonds. The van der Waals surface area contributed by atoms with Gasteiger partial charge in [-0.05, 0) is 12.8 Å². The van der Waals surface area contributed by atoms with Gasteiger partial charge in [-0.25, -0.2) is 9.59 Å². The summed E-state index contributed by atoms with van der Waals surface area (Å²) < 4.78 is 0. The van der Waals surface area contributed by atoms with Crippen molar-refractivity contribution >= 4 is 12.0 Å². The number of likely N-dealkylation sites (tertiary alicyclic amines) is 1. The first kappa shape index (κ1) is 12.8. The predicted molar refractivity (Wildman–Crippen MR) is 59.0 cm³/mol. The van der Waals surface area contributed by atoms with Gasteiger partial charge in [0.2, 0.25) is 0 Å². The van der Waals surface area contributed by atoms with Gasteiger partial charge in [-0.2, -0.15) is 0 Å². The first-order valence-electron chi connectivity index (χ1n) is 5.58. The van der Waals surface area contributed by atoms with Crippen molar-refractivity contribution in [3.63, 3.8) is 0 Å². The second kappa shape index (κ2) is 5.69. The fourth-order valence-corrected chi connectivity index (χ4v) is 1.76. The van der Waals surface area contributed by atoms with E-state index < -0.39 is 12.0 Å². The van der Waals surface area contributed by atoms with E-state index in [0.717, 1.165) is 12.8 Å². The van der Waals surface area contributed by atoms with Crippen LogP contribution in [0.25, 0.3) is 0 Å². The van der Waals surface area contributed by atoms with E-state index >= 15 is 0 Å². The number of aliphatic carboxylic acids is 1. The zero-order valence-corrected chi connectivity index (χ0v) is 9.48. The molecule has 1 saturated heterocycles. The molecule has 1 fully saturated rings. The molecular weight excluding hydrogens is 210 g/mol. The number of nitrogens with zero attached hydrogens (tertiary/aromatic N) is 1. The lowest BCUT2D eigenvalue weighted by Crippen LogP contribution is -2.47. The van der Waals surface area contributed by atoms with Gasteiger partial charge in [-0.3, -0.25) is 0 Å². The molecule has 0 aromatic heterocycles. The number of hydrogen-bond donors (Lipinski definition) is 3. The number of hydrogen-bond acceptors (Lipinski definition) is 3. The van der Waals surface area contributed by atoms with Crippen molar-refractivity contribution in [1.82, 2.24) is 10.2 Å². The van der Waals surface area contributed by atoms with Crippen LogP contribution >= 0.6 is 0 Å². The van der Waals surface area contributed by atoms with E-state index in [0.29, 0.717) is 19.5 Å². The first-order valence-corrected chi connectivity index (χ1v) is 5.58. The van der Waals surface area contributed by atoms with Gasteiger partial charge in [0.1, 0.15) is 6.04 Å². The number of carbonyl (C=O) groups excluding carboxylic acids is 1. The monoisotopic (exact) mass is 229 g/mol. The normalized spacial score (nSPS) is 21.9. The average Bonchev–Trinajstić information content (AvgIpc) is 2.64. The minimum absolute atomic E-state index is 0.0141. The molecule has 0 aliphatic carbocycles. The summed E-state index contributed by atoms with van der Waals surface area (Å²) in [5.41, 5.74) is 5.67. The Kier molecular flexibility index (Phi) is 4.54. The second-order valence-electron chi connectivity index (χ2n) is 4.12. The third-order valence-electron chi connectivity index (χ3n) is 2.69. The molecular formula is C10H19N3O3. The van der Waals surface area contributed by atoms with Gasteiger partial charge in [0.15, 0.2) is 0 Å². The number of carboxylic acids is 1. The summed E-state index contributed by atoms with van der Waals surface area (Å²) in [6.07, 6.45) is 1.94. The molecule has 0 radical (unpaired) electrons. The largest absolute Gasteiger partial charge is 0.480 e. The highest BCUT2D eigenvalue weighted by Crippen LogP contribution is 2.07. The van der Waals surface area contributed by atoms with E-state index in [-0.39, 0.29) is 12.1 Å². The van der Waals surface area contributed by atoms with E-state index in [1.807, 2.05) is 6.92 Å². The van der Waals surface area contributed by atoms with Crippen LogP contribution < -0.4 is 11.1 Å². The molecule has 1 aliphatic rings. The van der Waals surface area contributed by atoms with Crippen LogP contribution in [0.4, 0.5) is 4.79 Å². The molecule has 92 valence electrons. The molecule has 1 aliphatic heterocycles. The van der Waals surface area contributed by atoms with Gasteiger partial charge in [0.25, 0.3) is 0 Å². The maximum Gasteiger partial charge on any atom is 0.326 e. The van der Waals surface area contributed by atoms with Crippen molar-refractivity contribution in [2.75, 3.05) is 13.1 Å². The maximum atomic E-state index is 11.7. The highest BCUT2D eigenvalue weighted by atomic mass is 16.4. The molecule has 16 heavy (non-hydrogen) atoms. The van der Waals surface area contributed by atoms with Crippen molar-refractivity contribution < 1.29 is 14.7 Å². The van der Waals surface area contributed by atoms with Crippen LogP contribution in [0, 0.1) is 0 Å². The number of amides is 2. The minimum Gasteiger partial charge on any atom is -0.480 e. The number of nitrogens with two attached hydrogens (primary N) is 1. The Morgan fingerprint density at radius 1 is 1.62 bits per heavy atom. The SMILES string of the molecule is CCC[C@H](NC(=O)N1CCC(N)C1)C(=O)O. The number of urea groups is 1. The smallest absolute Gasteiger partial charge is 0.326 e. The lowest BCUT2D eigenvalue weighted by Gasteiger charge is -2.20. The summed E-state index contributed by atoms with van der Waals surface area (Å²) in [4.78, 5) is 24.1. The first-order chi connectivity index (χ1) is 7.54. The Morgan fingerprint density at radius 2 is 2.31 bits per heavy atom. The van der Waals surface area contributed by atoms with Gasteiger partial charge in [0, 0.05) is 19.1 Å². The van der Waals surface area contributed by atoms with Gasteiger partial charge < -0.3 is 21.1 Å². The van der Waals surface area contributed by atoms with Crippen LogP contribution in [0.5, 0.6) is 0 Å². The van der Waals surface area contributed by atoms with Gasteiger partial charge in [-0.15, -0.1) is 0 Å². The molecule has 0 spiro atoms. The van der Waals surface area contributed by atoms with Gasteiger partial charge >= 0.3 is 12.0 Å². The van der Waals surface area contributed by atoms with Crippen molar-refractivity contribution in [2.45, 2.75) is 38.3 Å². The fraction of sp³-hybridized carbons (Fsp3) is 0.800. The Morgan fingerprint density at radius 3 is 2.75 bits per heavy atom. The minimum atomic E-state index is -0.987. The van der Waals surface area contributed by atoms with E-state index in [1.54, 1.807) is 4.90 Å². The average molecular weight is 229 g/mol. The van der Waals surface area contributed by atoms with Crippen LogP contribution in [0.3, 0.4) is 0 Å². The van der Waals surface area contributed by atoms with Gasteiger partial charge in [0.05, 0.1) is 0 Å². The topological polar surface area (TPSA) is 95.7 Å². The summed E-state index contributed by atoms with van der Waals surface area (Å²) in [6.45, 7) is 2.99. The Bertz CT molecular complexity index is 270. The summed E-state index contributed by atoms with van der Waals surface area (Å²) in [7, 11) is 0. The van der Waals surface area contributed by atoms with Crippen molar-refractivity contribution in [1.29, 1.82) is 0 Å². The number of rotatable bonds is 4. The maximum absolute atomic E-state index is 11.7. The molecule has 6 nitrogen and oxygen atoms in total. The Balaban J connectivity index is 2.45. The highest BCUT2D eigenvalue weighted by Gasteiger charge is 2.26. The van der Waals surface area contributed by atoms with Crippen molar-refractivity contribution in [3.05, 3.63) is 0 Å². The second-order valence-corrected chi connectivity index (χ2v) is 4.12. The molecule has 2 atom stereocenters. The standard InChI is InChI=1S/C10H19N3O3/c1-2-3-8(9(14)15)12-10(16)13-5-4-7(11)6-13/h7-8H,2-6,11H2,1H3,(H,12,16)(H,14,15)/t7?,8-/m0/s1. The quantitative estimate of drug-likeness (QED) is 0.631. The van der Waals surface area contributed by atoms with E-state index in [9.17, 15) is 9.59 Å². The van der Waals surface area contributed by atoms with Crippen molar-refractivity contribution in [3.8, 4) is 0 Å². The summed E-state index contributed by atoms with van der Waals surface area (Å²) in [5, 5.41) is 11.4. The molecule has 0 aromatic rings. The Labute approximate surface area is 94.8 Å². The highest BCUT2D eigenvalue weighted by molar-refractivity contribution is 5.82. The zero-order valence-electron chi connectivity index (χ0n) is 9.48. The van der Waals surface area contributed by atoms with Crippen LogP contribution in [0.2, 0.25) is 0 Å². The third-order valence-corrected chi connectivity index (χ3v) is 2.69. The van der Waals surface area contributed by atoms with E-state index in [1.165, 1.54) is 0 Å². The molecule has 1 heterocycles. The number of carboxylic acid groups (broad SMARTS) is 1. The molecule has 1 rings (SSSR count). The summed E-state index contributed by atoms with van der Waals surface area (Å²) >= 11 is 0. The molecule has 4 N–H and O–H groups in total. The van der Waals surface area contributed by atoms with E-state index in [4.69, 9.17) is 10.8 Å². The third kappa shape index (κ3) is 3.37. The number of carbonyl (C=O) groups is 2. The molecule has 6 heteroatoms. The summed E-state index contributed by atoms with van der Waals surface area (Å²) in [6, 6.07) is -1.11. The Hall–Kier alpha value is -1.30. The van der Waals surface area contributed by atoms with Gasteiger partial charge in [-0.1, -0.05) is 13.3 Å². The van der Waals surface area contributed by atoms with Crippen LogP contribution in [0.15, 0.2) is 0 Å². The summed E-state index contributed by atoms with van der Waals surface area (Å²) in [5.74, 6) is -0.987. The molecule has 0 aromatic carbocycles. The van der Waals surface area contributed by atoms with E-state index in [2.05, 4.69) is 5.32 Å². The number of nitrogens with one attached hydrogen (secondary N) is 1. The molecule has 0 bridgehead atoms. The van der Waals surface area contributed by atoms with Crippen LogP contribution in [-0.4, -0.2) is 47.2 Å². The van der Waals surface area contributed by atoms with Crippen molar-refractivity contribution in [2.24, 2.45) is 5.73 Å². The molecule has 1 unspecified atom stereocenters. The zero-order chi connectivity index (χ0) is 12.1. The van der Waals surface area contributed by atoms with Crippen LogP contribution in [0.1, 0.15) is 26.2 Å². The molecule has 0 saturated carbocycles. The fourth-order valence-electron chi connectivity index (χ4n) is 1.76. The predicted octanol–water partition coefficient (Wildman–Crippen LogP) is -0.0177. The lowest BCUT2D eigenvalue weighted by atomic mass is 10.2.